The van der Waals surface area contributed by atoms with Gasteiger partial charge in [0.25, 0.3) is 6.43 Å². The van der Waals surface area contributed by atoms with Gasteiger partial charge in [-0.1, -0.05) is 18.2 Å². The van der Waals surface area contributed by atoms with Crippen LogP contribution in [0.4, 0.5) is 8.78 Å². The molecule has 0 aliphatic heterocycles. The highest BCUT2D eigenvalue weighted by atomic mass is 19.3. The van der Waals surface area contributed by atoms with E-state index in [4.69, 9.17) is 10.8 Å². The highest BCUT2D eigenvalue weighted by Gasteiger charge is 2.16. The largest absolute Gasteiger partial charge is 0.386 e. The number of carbonyl (C=O) groups excluding carboxylic acids is 1. The summed E-state index contributed by atoms with van der Waals surface area (Å²) in [6.45, 7) is -0.0480. The number of hydrogen-bond acceptors (Lipinski definition) is 3. The van der Waals surface area contributed by atoms with Crippen LogP contribution in [0.5, 0.6) is 0 Å². The van der Waals surface area contributed by atoms with Crippen molar-refractivity contribution in [3.63, 3.8) is 0 Å². The van der Waals surface area contributed by atoms with Crippen LogP contribution in [-0.2, 0) is 6.54 Å². The maximum absolute atomic E-state index is 12.0. The first-order valence-corrected chi connectivity index (χ1v) is 5.07. The van der Waals surface area contributed by atoms with E-state index in [0.29, 0.717) is 11.1 Å². The summed E-state index contributed by atoms with van der Waals surface area (Å²) >= 11 is 0. The average Bonchev–Trinajstić information content (AvgIpc) is 2.29. The Morgan fingerprint density at radius 2 is 2.06 bits per heavy atom. The van der Waals surface area contributed by atoms with Crippen LogP contribution in [0.2, 0.25) is 0 Å². The molecule has 1 unspecified atom stereocenters. The number of nitrogens with two attached hydrogens (primary N) is 1. The zero-order chi connectivity index (χ0) is 12.8. The smallest absolute Gasteiger partial charge is 0.265 e. The zero-order valence-corrected chi connectivity index (χ0v) is 9.07. The summed E-state index contributed by atoms with van der Waals surface area (Å²) in [5.41, 5.74) is 6.11. The van der Waals surface area contributed by atoms with Crippen LogP contribution in [0.15, 0.2) is 24.3 Å². The van der Waals surface area contributed by atoms with Gasteiger partial charge in [-0.25, -0.2) is 8.78 Å². The van der Waals surface area contributed by atoms with Gasteiger partial charge in [0.15, 0.2) is 0 Å². The number of rotatable bonds is 6. The minimum atomic E-state index is -2.78. The van der Waals surface area contributed by atoms with Crippen LogP contribution >= 0.6 is 0 Å². The lowest BCUT2D eigenvalue weighted by atomic mass is 10.1. The van der Waals surface area contributed by atoms with Gasteiger partial charge in [-0.05, 0) is 11.6 Å². The van der Waals surface area contributed by atoms with E-state index in [0.717, 1.165) is 0 Å². The summed E-state index contributed by atoms with van der Waals surface area (Å²) < 4.78 is 24.0. The molecular formula is C11H14F2N2O2. The molecule has 1 aromatic rings. The van der Waals surface area contributed by atoms with Crippen molar-refractivity contribution in [2.75, 3.05) is 6.54 Å². The van der Waals surface area contributed by atoms with Crippen molar-refractivity contribution in [2.45, 2.75) is 19.1 Å². The van der Waals surface area contributed by atoms with Crippen molar-refractivity contribution in [2.24, 2.45) is 5.73 Å². The molecule has 1 amide bonds. The molecule has 4 N–H and O–H groups in total. The number of aliphatic hydroxyl groups excluding tert-OH is 1. The molecule has 6 heteroatoms. The van der Waals surface area contributed by atoms with Crippen molar-refractivity contribution in [1.29, 1.82) is 0 Å². The van der Waals surface area contributed by atoms with E-state index in [2.05, 4.69) is 5.32 Å². The molecule has 0 fully saturated rings. The second-order valence-corrected chi connectivity index (χ2v) is 3.55. The van der Waals surface area contributed by atoms with Gasteiger partial charge in [0.2, 0.25) is 5.91 Å². The Hall–Kier alpha value is -1.53. The van der Waals surface area contributed by atoms with Crippen LogP contribution < -0.4 is 11.1 Å². The van der Waals surface area contributed by atoms with Gasteiger partial charge in [-0.15, -0.1) is 0 Å². The van der Waals surface area contributed by atoms with Crippen molar-refractivity contribution in [3.05, 3.63) is 35.4 Å². The second kappa shape index (κ2) is 6.27. The Balaban J connectivity index is 2.55. The fourth-order valence-electron chi connectivity index (χ4n) is 1.36. The molecule has 0 aromatic heterocycles. The number of primary amides is 1. The Morgan fingerprint density at radius 3 is 2.65 bits per heavy atom. The summed E-state index contributed by atoms with van der Waals surface area (Å²) in [5, 5.41) is 11.5. The van der Waals surface area contributed by atoms with Crippen molar-refractivity contribution >= 4 is 5.91 Å². The summed E-state index contributed by atoms with van der Waals surface area (Å²) in [6, 6.07) is 6.61. The number of benzene rings is 1. The third-order valence-electron chi connectivity index (χ3n) is 2.24. The van der Waals surface area contributed by atoms with Crippen molar-refractivity contribution < 1.29 is 18.7 Å². The molecule has 94 valence electrons. The topological polar surface area (TPSA) is 75.4 Å². The average molecular weight is 244 g/mol. The van der Waals surface area contributed by atoms with E-state index < -0.39 is 18.4 Å². The molecule has 0 radical (unpaired) electrons. The molecule has 1 aromatic carbocycles. The van der Waals surface area contributed by atoms with Crippen LogP contribution in [0.1, 0.15) is 15.9 Å². The maximum Gasteiger partial charge on any atom is 0.265 e. The zero-order valence-electron chi connectivity index (χ0n) is 9.07. The van der Waals surface area contributed by atoms with Gasteiger partial charge >= 0.3 is 0 Å². The van der Waals surface area contributed by atoms with E-state index in [1.54, 1.807) is 24.3 Å². The monoisotopic (exact) mass is 244 g/mol. The van der Waals surface area contributed by atoms with Crippen LogP contribution in [-0.4, -0.2) is 30.1 Å². The number of nitrogens with one attached hydrogen (secondary N) is 1. The molecule has 4 nitrogen and oxygen atoms in total. The third-order valence-corrected chi connectivity index (χ3v) is 2.24. The minimum absolute atomic E-state index is 0.197. The fraction of sp³-hybridized carbons (Fsp3) is 0.364. The Morgan fingerprint density at radius 1 is 1.41 bits per heavy atom. The lowest BCUT2D eigenvalue weighted by Crippen LogP contribution is -2.32. The molecule has 0 saturated carbocycles. The van der Waals surface area contributed by atoms with Gasteiger partial charge in [0, 0.05) is 18.7 Å². The predicted molar refractivity (Wildman–Crippen MR) is 58.7 cm³/mol. The van der Waals surface area contributed by atoms with Crippen molar-refractivity contribution in [3.8, 4) is 0 Å². The molecule has 1 rings (SSSR count). The first-order chi connectivity index (χ1) is 8.02. The van der Waals surface area contributed by atoms with E-state index in [-0.39, 0.29) is 13.1 Å². The van der Waals surface area contributed by atoms with Crippen molar-refractivity contribution in [1.82, 2.24) is 5.32 Å². The predicted octanol–water partition coefficient (Wildman–Crippen LogP) is 0.501. The SMILES string of the molecule is NC(=O)c1ccccc1CNCC(O)C(F)F. The molecule has 0 heterocycles. The van der Waals surface area contributed by atoms with Gasteiger partial charge < -0.3 is 16.2 Å². The van der Waals surface area contributed by atoms with E-state index in [9.17, 15) is 13.6 Å². The van der Waals surface area contributed by atoms with E-state index >= 15 is 0 Å². The molecule has 0 spiro atoms. The van der Waals surface area contributed by atoms with Crippen LogP contribution in [0.25, 0.3) is 0 Å². The summed E-state index contributed by atoms with van der Waals surface area (Å²) in [4.78, 5) is 11.1. The van der Waals surface area contributed by atoms with Gasteiger partial charge in [-0.3, -0.25) is 4.79 Å². The summed E-state index contributed by atoms with van der Waals surface area (Å²) in [6.07, 6.45) is -4.50. The first kappa shape index (κ1) is 13.5. The van der Waals surface area contributed by atoms with Gasteiger partial charge in [0.1, 0.15) is 6.10 Å². The standard InChI is InChI=1S/C11H14F2N2O2/c12-10(13)9(16)6-15-5-7-3-1-2-4-8(7)11(14)17/h1-4,9-10,15-16H,5-6H2,(H2,14,17). The van der Waals surface area contributed by atoms with Gasteiger partial charge in [0.05, 0.1) is 0 Å². The molecule has 1 atom stereocenters. The molecule has 0 aliphatic carbocycles. The highest BCUT2D eigenvalue weighted by molar-refractivity contribution is 5.94. The third kappa shape index (κ3) is 4.08. The fourth-order valence-corrected chi connectivity index (χ4v) is 1.36. The number of carbonyl (C=O) groups is 1. The van der Waals surface area contributed by atoms with E-state index in [1.165, 1.54) is 0 Å². The summed E-state index contributed by atoms with van der Waals surface area (Å²) in [5.74, 6) is -0.572. The molecular weight excluding hydrogens is 230 g/mol. The Labute approximate surface area is 97.4 Å². The summed E-state index contributed by atoms with van der Waals surface area (Å²) in [7, 11) is 0. The van der Waals surface area contributed by atoms with Crippen LogP contribution in [0.3, 0.4) is 0 Å². The molecule has 0 aliphatic rings. The second-order valence-electron chi connectivity index (χ2n) is 3.55. The van der Waals surface area contributed by atoms with Gasteiger partial charge in [-0.2, -0.15) is 0 Å². The molecule has 0 bridgehead atoms. The normalized spacial score (nSPS) is 12.7. The first-order valence-electron chi connectivity index (χ1n) is 5.07. The molecule has 17 heavy (non-hydrogen) atoms. The number of hydrogen-bond donors (Lipinski definition) is 3. The lowest BCUT2D eigenvalue weighted by Gasteiger charge is -2.12. The Kier molecular flexibility index (Phi) is 4.99. The van der Waals surface area contributed by atoms with E-state index in [1.807, 2.05) is 0 Å². The number of halogens is 2. The number of alkyl halides is 2. The highest BCUT2D eigenvalue weighted by Crippen LogP contribution is 2.07. The maximum atomic E-state index is 12.0. The Bertz CT molecular complexity index is 385. The lowest BCUT2D eigenvalue weighted by molar-refractivity contribution is -0.00341. The quantitative estimate of drug-likeness (QED) is 0.682. The van der Waals surface area contributed by atoms with Crippen LogP contribution in [0, 0.1) is 0 Å². The number of aliphatic hydroxyl groups is 1. The minimum Gasteiger partial charge on any atom is -0.386 e. The number of amides is 1. The molecule has 0 saturated heterocycles.